The second-order valence-corrected chi connectivity index (χ2v) is 9.18. The van der Waals surface area contributed by atoms with Crippen molar-refractivity contribution in [1.29, 1.82) is 0 Å². The molecule has 0 radical (unpaired) electrons. The molecule has 0 aliphatic rings. The van der Waals surface area contributed by atoms with Gasteiger partial charge in [-0.25, -0.2) is 4.79 Å². The van der Waals surface area contributed by atoms with Gasteiger partial charge in [0.25, 0.3) is 5.56 Å². The minimum absolute atomic E-state index is 0.0343. The lowest BCUT2D eigenvalue weighted by molar-refractivity contribution is -0.213. The predicted octanol–water partition coefficient (Wildman–Crippen LogP) is 6.76. The van der Waals surface area contributed by atoms with Gasteiger partial charge in [0.2, 0.25) is 0 Å². The Labute approximate surface area is 218 Å². The molecule has 1 N–H and O–H groups in total. The lowest BCUT2D eigenvalue weighted by atomic mass is 9.85. The maximum absolute atomic E-state index is 12.6. The van der Waals surface area contributed by atoms with Gasteiger partial charge in [-0.2, -0.15) is 0 Å². The number of carbonyl (C=O) groups excluding carboxylic acids is 1. The van der Waals surface area contributed by atoms with Crippen molar-refractivity contribution in [2.45, 2.75) is 51.4 Å². The fourth-order valence-electron chi connectivity index (χ4n) is 4.51. The lowest BCUT2D eigenvalue weighted by Crippen LogP contribution is -2.15. The summed E-state index contributed by atoms with van der Waals surface area (Å²) < 4.78 is 0. The molecule has 0 aliphatic heterocycles. The van der Waals surface area contributed by atoms with Crippen LogP contribution < -0.4 is 10.4 Å². The molecule has 0 unspecified atom stereocenters. The van der Waals surface area contributed by atoms with Crippen molar-refractivity contribution >= 4 is 5.97 Å². The second-order valence-electron chi connectivity index (χ2n) is 9.18. The highest BCUT2D eigenvalue weighted by Gasteiger charge is 2.18. The minimum Gasteiger partial charge on any atom is -0.329 e. The van der Waals surface area contributed by atoms with Crippen LogP contribution in [0.3, 0.4) is 0 Å². The van der Waals surface area contributed by atoms with Crippen LogP contribution in [0.4, 0.5) is 0 Å². The van der Waals surface area contributed by atoms with Crippen LogP contribution in [0.1, 0.15) is 66.3 Å². The van der Waals surface area contributed by atoms with Crippen LogP contribution in [-0.2, 0) is 22.5 Å². The number of H-pyrrole nitrogens is 1. The highest BCUT2D eigenvalue weighted by Crippen LogP contribution is 2.31. The van der Waals surface area contributed by atoms with Crippen molar-refractivity contribution in [2.75, 3.05) is 0 Å². The molecule has 0 saturated carbocycles. The smallest absolute Gasteiger partial charge is 0.329 e. The Morgan fingerprint density at radius 3 is 2.16 bits per heavy atom. The highest BCUT2D eigenvalue weighted by atomic mass is 17.2. The van der Waals surface area contributed by atoms with Crippen molar-refractivity contribution in [3.8, 4) is 5.75 Å². The Kier molecular flexibility index (Phi) is 9.30. The van der Waals surface area contributed by atoms with E-state index < -0.39 is 0 Å². The fraction of sp³-hybridized carbons (Fsp3) is 0.250. The number of pyridine rings is 1. The topological polar surface area (TPSA) is 68.4 Å². The van der Waals surface area contributed by atoms with E-state index >= 15 is 0 Å². The maximum atomic E-state index is 12.6. The molecule has 0 atom stereocenters. The van der Waals surface area contributed by atoms with Crippen molar-refractivity contribution in [1.82, 2.24) is 4.98 Å². The molecule has 0 aliphatic carbocycles. The first kappa shape index (κ1) is 26.0. The number of aryl methyl sites for hydroxylation is 2. The number of aromatic nitrogens is 1. The normalized spacial score (nSPS) is 10.9. The number of unbranched alkanes of at least 4 members (excludes halogenated alkanes) is 1. The Morgan fingerprint density at radius 1 is 0.811 bits per heavy atom. The van der Waals surface area contributed by atoms with E-state index in [2.05, 4.69) is 35.3 Å². The van der Waals surface area contributed by atoms with Crippen LogP contribution in [0.2, 0.25) is 0 Å². The van der Waals surface area contributed by atoms with Gasteiger partial charge >= 0.3 is 5.97 Å². The van der Waals surface area contributed by atoms with Crippen molar-refractivity contribution in [3.63, 3.8) is 0 Å². The van der Waals surface area contributed by atoms with Gasteiger partial charge in [0.05, 0.1) is 0 Å². The van der Waals surface area contributed by atoms with Crippen LogP contribution in [0, 0.1) is 0 Å². The largest absolute Gasteiger partial charge is 0.355 e. The van der Waals surface area contributed by atoms with Crippen LogP contribution in [0.25, 0.3) is 0 Å². The second kappa shape index (κ2) is 13.3. The SMILES string of the molecule is CCCC(=O)OOc1cccc(CCCCc2cc(C(c3ccccc3)c3ccccc3)c[nH]c2=O)c1. The van der Waals surface area contributed by atoms with Crippen LogP contribution in [0.5, 0.6) is 5.75 Å². The van der Waals surface area contributed by atoms with Crippen molar-refractivity contribution in [2.24, 2.45) is 0 Å². The molecule has 37 heavy (non-hydrogen) atoms. The fourth-order valence-corrected chi connectivity index (χ4v) is 4.51. The van der Waals surface area contributed by atoms with Gasteiger partial charge in [-0.1, -0.05) is 79.7 Å². The van der Waals surface area contributed by atoms with Crippen LogP contribution in [0.15, 0.2) is 102 Å². The molecule has 4 aromatic rings. The average molecular weight is 496 g/mol. The van der Waals surface area contributed by atoms with Crippen molar-refractivity contribution < 1.29 is 14.6 Å². The molecule has 0 fully saturated rings. The molecular weight excluding hydrogens is 462 g/mol. The quantitative estimate of drug-likeness (QED) is 0.134. The highest BCUT2D eigenvalue weighted by molar-refractivity contribution is 5.68. The number of rotatable bonds is 12. The third-order valence-corrected chi connectivity index (χ3v) is 6.35. The van der Waals surface area contributed by atoms with E-state index in [1.54, 1.807) is 6.07 Å². The molecule has 0 spiro atoms. The van der Waals surface area contributed by atoms with Gasteiger partial charge in [-0.05, 0) is 72.6 Å². The summed E-state index contributed by atoms with van der Waals surface area (Å²) >= 11 is 0. The molecule has 1 aromatic heterocycles. The number of carbonyl (C=O) groups is 1. The lowest BCUT2D eigenvalue weighted by Gasteiger charge is -2.19. The summed E-state index contributed by atoms with van der Waals surface area (Å²) in [5.41, 5.74) is 5.32. The number of hydrogen-bond donors (Lipinski definition) is 1. The number of hydrogen-bond acceptors (Lipinski definition) is 4. The summed E-state index contributed by atoms with van der Waals surface area (Å²) in [6, 6.07) is 30.4. The summed E-state index contributed by atoms with van der Waals surface area (Å²) in [6.45, 7) is 1.91. The third-order valence-electron chi connectivity index (χ3n) is 6.35. The van der Waals surface area contributed by atoms with Gasteiger partial charge in [0, 0.05) is 24.1 Å². The summed E-state index contributed by atoms with van der Waals surface area (Å²) in [4.78, 5) is 37.1. The van der Waals surface area contributed by atoms with Crippen LogP contribution >= 0.6 is 0 Å². The van der Waals surface area contributed by atoms with E-state index in [-0.39, 0.29) is 17.4 Å². The average Bonchev–Trinajstić information content (AvgIpc) is 2.93. The molecular formula is C32H33NO4. The van der Waals surface area contributed by atoms with E-state index in [0.29, 0.717) is 25.0 Å². The first-order chi connectivity index (χ1) is 18.1. The van der Waals surface area contributed by atoms with Gasteiger partial charge in [0.15, 0.2) is 5.75 Å². The van der Waals surface area contributed by atoms with Gasteiger partial charge in [0.1, 0.15) is 0 Å². The summed E-state index contributed by atoms with van der Waals surface area (Å²) in [6.07, 6.45) is 6.23. The maximum Gasteiger partial charge on any atom is 0.355 e. The van der Waals surface area contributed by atoms with E-state index in [0.717, 1.165) is 36.0 Å². The van der Waals surface area contributed by atoms with Gasteiger partial charge < -0.3 is 4.98 Å². The number of aromatic amines is 1. The molecule has 5 nitrogen and oxygen atoms in total. The third kappa shape index (κ3) is 7.43. The molecule has 3 aromatic carbocycles. The molecule has 0 bridgehead atoms. The van der Waals surface area contributed by atoms with Gasteiger partial charge in [-0.3, -0.25) is 14.6 Å². The van der Waals surface area contributed by atoms with Gasteiger partial charge in [-0.15, -0.1) is 0 Å². The Hall–Kier alpha value is -4.12. The first-order valence-corrected chi connectivity index (χ1v) is 12.9. The Bertz CT molecular complexity index is 1290. The zero-order chi connectivity index (χ0) is 25.9. The first-order valence-electron chi connectivity index (χ1n) is 12.9. The molecule has 0 saturated heterocycles. The molecule has 5 heteroatoms. The van der Waals surface area contributed by atoms with E-state index in [4.69, 9.17) is 9.78 Å². The molecule has 0 amide bonds. The van der Waals surface area contributed by atoms with E-state index in [1.807, 2.05) is 67.7 Å². The number of nitrogens with one attached hydrogen (secondary N) is 1. The summed E-state index contributed by atoms with van der Waals surface area (Å²) in [5.74, 6) is 0.188. The summed E-state index contributed by atoms with van der Waals surface area (Å²) in [7, 11) is 0. The zero-order valence-corrected chi connectivity index (χ0v) is 21.2. The van der Waals surface area contributed by atoms with Crippen molar-refractivity contribution in [3.05, 3.63) is 135 Å². The molecule has 1 heterocycles. The Balaban J connectivity index is 1.40. The summed E-state index contributed by atoms with van der Waals surface area (Å²) in [5, 5.41) is 0. The Morgan fingerprint density at radius 2 is 1.49 bits per heavy atom. The van der Waals surface area contributed by atoms with E-state index in [1.165, 1.54) is 11.1 Å². The number of benzene rings is 3. The predicted molar refractivity (Wildman–Crippen MR) is 146 cm³/mol. The molecule has 4 rings (SSSR count). The molecule has 190 valence electrons. The standard InChI is InChI=1S/C32H33NO4/c1-2-12-30(34)37-36-29-20-11-14-24(21-29)13-9-10-19-27-22-28(23-33-32(27)35)31(25-15-5-3-6-16-25)26-17-7-4-8-18-26/h3-8,11,14-18,20-23,31H,2,9-10,12-13,19H2,1H3,(H,33,35). The zero-order valence-electron chi connectivity index (χ0n) is 21.2. The monoisotopic (exact) mass is 495 g/mol. The van der Waals surface area contributed by atoms with Crippen LogP contribution in [-0.4, -0.2) is 11.0 Å². The minimum atomic E-state index is -0.373. The van der Waals surface area contributed by atoms with E-state index in [9.17, 15) is 9.59 Å².